The molecule has 0 saturated heterocycles. The Balaban J connectivity index is 2.06. The van der Waals surface area contributed by atoms with Gasteiger partial charge in [-0.3, -0.25) is 0 Å². The Morgan fingerprint density at radius 2 is 2.25 bits per heavy atom. The minimum Gasteiger partial charge on any atom is -0.237 e. The predicted octanol–water partition coefficient (Wildman–Crippen LogP) is 3.35. The van der Waals surface area contributed by atoms with E-state index in [-0.39, 0.29) is 0 Å². The molecule has 0 aromatic heterocycles. The normalized spacial score (nSPS) is 20.0. The second-order valence-corrected chi connectivity index (χ2v) is 6.44. The quantitative estimate of drug-likeness (QED) is 0.615. The Labute approximate surface area is 112 Å². The highest BCUT2D eigenvalue weighted by molar-refractivity contribution is 9.09. The van der Waals surface area contributed by atoms with Crippen molar-refractivity contribution in [1.29, 1.82) is 0 Å². The second-order valence-electron chi connectivity index (χ2n) is 3.76. The summed E-state index contributed by atoms with van der Waals surface area (Å²) in [6.07, 6.45) is 2.18. The number of rotatable bonds is 4. The summed E-state index contributed by atoms with van der Waals surface area (Å²) in [7, 11) is -0.988. The number of benzene rings is 1. The fraction of sp³-hybridized carbons (Fsp3) is 0.455. The highest BCUT2D eigenvalue weighted by Crippen LogP contribution is 2.29. The molecule has 1 aromatic rings. The van der Waals surface area contributed by atoms with Crippen molar-refractivity contribution in [2.45, 2.75) is 24.3 Å². The van der Waals surface area contributed by atoms with E-state index in [2.05, 4.69) is 15.9 Å². The van der Waals surface area contributed by atoms with Crippen LogP contribution >= 0.6 is 27.5 Å². The molecule has 0 spiro atoms. The third kappa shape index (κ3) is 2.67. The SMILES string of the molecule is O=S1c2ccc(Cl)cc2CN1CCCCBr. The average molecular weight is 323 g/mol. The minimum atomic E-state index is -0.988. The summed E-state index contributed by atoms with van der Waals surface area (Å²) in [5, 5.41) is 1.73. The maximum Gasteiger partial charge on any atom is 0.128 e. The summed E-state index contributed by atoms with van der Waals surface area (Å²) in [6, 6.07) is 5.60. The van der Waals surface area contributed by atoms with E-state index in [1.165, 1.54) is 0 Å². The van der Waals surface area contributed by atoms with Gasteiger partial charge in [-0.1, -0.05) is 27.5 Å². The maximum absolute atomic E-state index is 12.1. The Morgan fingerprint density at radius 3 is 3.00 bits per heavy atom. The Kier molecular flexibility index (Phi) is 4.41. The lowest BCUT2D eigenvalue weighted by Gasteiger charge is -2.12. The summed E-state index contributed by atoms with van der Waals surface area (Å²) in [6.45, 7) is 1.63. The van der Waals surface area contributed by atoms with Gasteiger partial charge in [-0.2, -0.15) is 0 Å². The van der Waals surface area contributed by atoms with Crippen molar-refractivity contribution < 1.29 is 4.21 Å². The Morgan fingerprint density at radius 1 is 1.44 bits per heavy atom. The van der Waals surface area contributed by atoms with E-state index in [0.717, 1.165) is 46.7 Å². The lowest BCUT2D eigenvalue weighted by atomic mass is 10.2. The van der Waals surface area contributed by atoms with E-state index in [4.69, 9.17) is 11.6 Å². The van der Waals surface area contributed by atoms with Gasteiger partial charge in [0.15, 0.2) is 0 Å². The smallest absolute Gasteiger partial charge is 0.128 e. The summed E-state index contributed by atoms with van der Waals surface area (Å²) < 4.78 is 14.1. The molecule has 16 heavy (non-hydrogen) atoms. The van der Waals surface area contributed by atoms with E-state index < -0.39 is 11.0 Å². The molecule has 0 amide bonds. The van der Waals surface area contributed by atoms with Crippen LogP contribution in [-0.4, -0.2) is 20.4 Å². The molecule has 0 saturated carbocycles. The van der Waals surface area contributed by atoms with Crippen LogP contribution in [0.3, 0.4) is 0 Å². The third-order valence-electron chi connectivity index (χ3n) is 2.58. The molecule has 1 unspecified atom stereocenters. The van der Waals surface area contributed by atoms with Crippen molar-refractivity contribution in [3.63, 3.8) is 0 Å². The maximum atomic E-state index is 12.1. The van der Waals surface area contributed by atoms with Crippen molar-refractivity contribution in [2.75, 3.05) is 11.9 Å². The fourth-order valence-corrected chi connectivity index (χ4v) is 3.73. The number of unbranched alkanes of at least 4 members (excludes halogenated alkanes) is 1. The van der Waals surface area contributed by atoms with Gasteiger partial charge < -0.3 is 0 Å². The van der Waals surface area contributed by atoms with Crippen LogP contribution < -0.4 is 0 Å². The van der Waals surface area contributed by atoms with Gasteiger partial charge in [0.2, 0.25) is 0 Å². The summed E-state index contributed by atoms with van der Waals surface area (Å²) in [5.74, 6) is 0. The molecule has 0 N–H and O–H groups in total. The van der Waals surface area contributed by atoms with E-state index in [0.29, 0.717) is 0 Å². The average Bonchev–Trinajstić information content (AvgIpc) is 2.56. The number of hydrogen-bond acceptors (Lipinski definition) is 1. The van der Waals surface area contributed by atoms with Gasteiger partial charge in [-0.25, -0.2) is 8.51 Å². The molecular formula is C11H13BrClNOS. The number of nitrogens with zero attached hydrogens (tertiary/aromatic N) is 1. The van der Waals surface area contributed by atoms with Crippen molar-refractivity contribution in [1.82, 2.24) is 4.31 Å². The van der Waals surface area contributed by atoms with Crippen molar-refractivity contribution in [3.8, 4) is 0 Å². The van der Waals surface area contributed by atoms with Crippen LogP contribution in [0.25, 0.3) is 0 Å². The molecule has 1 heterocycles. The molecule has 1 aliphatic rings. The Hall–Kier alpha value is 0.1000. The number of fused-ring (bicyclic) bond motifs is 1. The zero-order chi connectivity index (χ0) is 11.5. The van der Waals surface area contributed by atoms with E-state index in [1.54, 1.807) is 6.07 Å². The zero-order valence-electron chi connectivity index (χ0n) is 8.79. The molecule has 5 heteroatoms. The fourth-order valence-electron chi connectivity index (χ4n) is 1.77. The van der Waals surface area contributed by atoms with Crippen molar-refractivity contribution in [3.05, 3.63) is 28.8 Å². The van der Waals surface area contributed by atoms with Crippen LogP contribution in [0, 0.1) is 0 Å². The molecule has 0 radical (unpaired) electrons. The molecule has 0 bridgehead atoms. The lowest BCUT2D eigenvalue weighted by Crippen LogP contribution is -2.20. The molecule has 2 rings (SSSR count). The molecular weight excluding hydrogens is 310 g/mol. The van der Waals surface area contributed by atoms with Gasteiger partial charge >= 0.3 is 0 Å². The molecule has 1 aromatic carbocycles. The standard InChI is InChI=1S/C11H13BrClNOS/c12-5-1-2-6-14-8-9-7-10(13)3-4-11(9)16(14)15/h3-4,7H,1-2,5-6,8H2. The van der Waals surface area contributed by atoms with Gasteiger partial charge in [-0.15, -0.1) is 0 Å². The first kappa shape index (κ1) is 12.6. The molecule has 1 atom stereocenters. The van der Waals surface area contributed by atoms with Gasteiger partial charge in [0.25, 0.3) is 0 Å². The van der Waals surface area contributed by atoms with Gasteiger partial charge in [-0.05, 0) is 36.6 Å². The monoisotopic (exact) mass is 321 g/mol. The van der Waals surface area contributed by atoms with Gasteiger partial charge in [0.1, 0.15) is 11.0 Å². The number of hydrogen-bond donors (Lipinski definition) is 0. The van der Waals surface area contributed by atoms with E-state index >= 15 is 0 Å². The first-order valence-corrected chi connectivity index (χ1v) is 7.84. The van der Waals surface area contributed by atoms with Gasteiger partial charge in [0.05, 0.1) is 4.90 Å². The van der Waals surface area contributed by atoms with E-state index in [9.17, 15) is 4.21 Å². The highest BCUT2D eigenvalue weighted by atomic mass is 79.9. The van der Waals surface area contributed by atoms with Crippen LogP contribution in [0.15, 0.2) is 23.1 Å². The lowest BCUT2D eigenvalue weighted by molar-refractivity contribution is 0.444. The summed E-state index contributed by atoms with van der Waals surface area (Å²) >= 11 is 9.32. The molecule has 0 fully saturated rings. The van der Waals surface area contributed by atoms with Crippen LogP contribution in [0.1, 0.15) is 18.4 Å². The summed E-state index contributed by atoms with van der Waals surface area (Å²) in [5.41, 5.74) is 1.10. The van der Waals surface area contributed by atoms with Gasteiger partial charge in [0, 0.05) is 23.4 Å². The van der Waals surface area contributed by atoms with Crippen molar-refractivity contribution >= 4 is 38.5 Å². The van der Waals surface area contributed by atoms with E-state index in [1.807, 2.05) is 16.4 Å². The van der Waals surface area contributed by atoms with Crippen LogP contribution in [0.5, 0.6) is 0 Å². The van der Waals surface area contributed by atoms with Crippen LogP contribution in [0.4, 0.5) is 0 Å². The molecule has 2 nitrogen and oxygen atoms in total. The molecule has 0 aliphatic carbocycles. The van der Waals surface area contributed by atoms with Crippen LogP contribution in [-0.2, 0) is 17.5 Å². The number of halogens is 2. The third-order valence-corrected chi connectivity index (χ3v) is 4.93. The topological polar surface area (TPSA) is 20.3 Å². The molecule has 1 aliphatic heterocycles. The number of alkyl halides is 1. The summed E-state index contributed by atoms with van der Waals surface area (Å²) in [4.78, 5) is 0.920. The first-order chi connectivity index (χ1) is 7.72. The minimum absolute atomic E-state index is 0.720. The highest BCUT2D eigenvalue weighted by Gasteiger charge is 2.26. The first-order valence-electron chi connectivity index (χ1n) is 5.23. The van der Waals surface area contributed by atoms with Crippen molar-refractivity contribution in [2.24, 2.45) is 0 Å². The van der Waals surface area contributed by atoms with Crippen LogP contribution in [0.2, 0.25) is 5.02 Å². The second kappa shape index (κ2) is 5.63. The largest absolute Gasteiger partial charge is 0.237 e. The predicted molar refractivity (Wildman–Crippen MR) is 71.3 cm³/mol. The zero-order valence-corrected chi connectivity index (χ0v) is 11.9. The Bertz CT molecular complexity index is 413. The molecule has 88 valence electrons.